The number of hydrogen-bond donors (Lipinski definition) is 1. The highest BCUT2D eigenvalue weighted by Crippen LogP contribution is 2.25. The number of carbonyl (C=O) groups excluding carboxylic acids is 1. The van der Waals surface area contributed by atoms with Gasteiger partial charge in [0.2, 0.25) is 0 Å². The van der Waals surface area contributed by atoms with E-state index in [2.05, 4.69) is 5.32 Å². The van der Waals surface area contributed by atoms with Crippen LogP contribution in [0.4, 0.5) is 4.79 Å². The van der Waals surface area contributed by atoms with Gasteiger partial charge in [-0.25, -0.2) is 4.79 Å². The van der Waals surface area contributed by atoms with Gasteiger partial charge in [-0.05, 0) is 56.5 Å². The zero-order valence-corrected chi connectivity index (χ0v) is 15.9. The molecule has 0 aliphatic rings. The van der Waals surface area contributed by atoms with E-state index in [0.29, 0.717) is 12.3 Å². The van der Waals surface area contributed by atoms with E-state index in [0.717, 1.165) is 21.7 Å². The van der Waals surface area contributed by atoms with Crippen molar-refractivity contribution in [3.8, 4) is 5.75 Å². The summed E-state index contributed by atoms with van der Waals surface area (Å²) in [6.45, 7) is 8.52. The van der Waals surface area contributed by atoms with Crippen LogP contribution in [-0.4, -0.2) is 23.7 Å². The van der Waals surface area contributed by atoms with Gasteiger partial charge in [0.25, 0.3) is 0 Å². The summed E-state index contributed by atoms with van der Waals surface area (Å²) in [6.07, 6.45) is 0. The molecule has 134 valence electrons. The number of nitrogens with one attached hydrogen (secondary N) is 1. The summed E-state index contributed by atoms with van der Waals surface area (Å²) in [7, 11) is 0. The Bertz CT molecular complexity index is 694. The second-order valence-electron chi connectivity index (χ2n) is 6.35. The Labute approximate surface area is 154 Å². The summed E-state index contributed by atoms with van der Waals surface area (Å²) in [6, 6.07) is 13.6. The minimum Gasteiger partial charge on any atom is -0.473 e. The molecule has 0 aromatic heterocycles. The Balaban J connectivity index is 1.93. The van der Waals surface area contributed by atoms with E-state index >= 15 is 0 Å². The summed E-state index contributed by atoms with van der Waals surface area (Å²) in [5.41, 5.74) is 3.00. The third-order valence-corrected chi connectivity index (χ3v) is 4.55. The van der Waals surface area contributed by atoms with Crippen LogP contribution in [0.3, 0.4) is 0 Å². The van der Waals surface area contributed by atoms with Crippen molar-refractivity contribution in [3.63, 3.8) is 0 Å². The van der Waals surface area contributed by atoms with Crippen LogP contribution < -0.4 is 10.1 Å². The molecule has 2 aromatic carbocycles. The fourth-order valence-electron chi connectivity index (χ4n) is 2.54. The van der Waals surface area contributed by atoms with Crippen LogP contribution in [0.25, 0.3) is 0 Å². The SMILES string of the molecule is Cc1cc(OCNC(=O)N(Cc2ccccc2)C(C)C)cc(C)c1Cl. The lowest BCUT2D eigenvalue weighted by atomic mass is 10.1. The number of urea groups is 1. The van der Waals surface area contributed by atoms with Gasteiger partial charge >= 0.3 is 6.03 Å². The van der Waals surface area contributed by atoms with Crippen LogP contribution in [0.15, 0.2) is 42.5 Å². The second-order valence-corrected chi connectivity index (χ2v) is 6.73. The first-order chi connectivity index (χ1) is 11.9. The zero-order chi connectivity index (χ0) is 18.4. The summed E-state index contributed by atoms with van der Waals surface area (Å²) in [5.74, 6) is 0.693. The number of hydrogen-bond acceptors (Lipinski definition) is 2. The zero-order valence-electron chi connectivity index (χ0n) is 15.2. The molecule has 4 nitrogen and oxygen atoms in total. The predicted octanol–water partition coefficient (Wildman–Crippen LogP) is 4.91. The normalized spacial score (nSPS) is 10.6. The van der Waals surface area contributed by atoms with Gasteiger partial charge in [-0.2, -0.15) is 0 Å². The van der Waals surface area contributed by atoms with Crippen LogP contribution in [0.2, 0.25) is 5.02 Å². The van der Waals surface area contributed by atoms with Crippen LogP contribution in [-0.2, 0) is 6.54 Å². The van der Waals surface area contributed by atoms with E-state index in [1.807, 2.05) is 70.2 Å². The lowest BCUT2D eigenvalue weighted by molar-refractivity contribution is 0.168. The molecular formula is C20H25ClN2O2. The van der Waals surface area contributed by atoms with Crippen LogP contribution in [0.5, 0.6) is 5.75 Å². The molecule has 0 saturated heterocycles. The second kappa shape index (κ2) is 8.77. The van der Waals surface area contributed by atoms with Gasteiger partial charge in [0, 0.05) is 17.6 Å². The number of aryl methyl sites for hydroxylation is 2. The van der Waals surface area contributed by atoms with E-state index in [-0.39, 0.29) is 18.8 Å². The third kappa shape index (κ3) is 5.40. The molecule has 0 heterocycles. The van der Waals surface area contributed by atoms with Crippen molar-refractivity contribution in [3.05, 3.63) is 64.2 Å². The summed E-state index contributed by atoms with van der Waals surface area (Å²) < 4.78 is 5.66. The quantitative estimate of drug-likeness (QED) is 0.743. The van der Waals surface area contributed by atoms with Gasteiger partial charge < -0.3 is 15.0 Å². The van der Waals surface area contributed by atoms with Gasteiger partial charge in [0.05, 0.1) is 0 Å². The summed E-state index contributed by atoms with van der Waals surface area (Å²) >= 11 is 6.16. The molecule has 2 amide bonds. The highest BCUT2D eigenvalue weighted by molar-refractivity contribution is 6.32. The van der Waals surface area contributed by atoms with E-state index < -0.39 is 0 Å². The van der Waals surface area contributed by atoms with Crippen molar-refractivity contribution in [1.29, 1.82) is 0 Å². The van der Waals surface area contributed by atoms with Crippen molar-refractivity contribution in [2.75, 3.05) is 6.73 Å². The first kappa shape index (κ1) is 19.1. The minimum absolute atomic E-state index is 0.0835. The van der Waals surface area contributed by atoms with Gasteiger partial charge in [-0.15, -0.1) is 0 Å². The number of carbonyl (C=O) groups is 1. The van der Waals surface area contributed by atoms with Crippen LogP contribution in [0, 0.1) is 13.8 Å². The Hall–Kier alpha value is -2.20. The first-order valence-corrected chi connectivity index (χ1v) is 8.74. The molecule has 0 atom stereocenters. The molecule has 5 heteroatoms. The monoisotopic (exact) mass is 360 g/mol. The van der Waals surface area contributed by atoms with Crippen molar-refractivity contribution >= 4 is 17.6 Å². The highest BCUT2D eigenvalue weighted by Gasteiger charge is 2.17. The smallest absolute Gasteiger partial charge is 0.320 e. The number of benzene rings is 2. The van der Waals surface area contributed by atoms with Crippen molar-refractivity contribution in [1.82, 2.24) is 10.2 Å². The molecule has 2 aromatic rings. The third-order valence-electron chi connectivity index (χ3n) is 3.95. The average Bonchev–Trinajstić information content (AvgIpc) is 2.58. The van der Waals surface area contributed by atoms with E-state index in [4.69, 9.17) is 16.3 Å². The molecule has 1 N–H and O–H groups in total. The molecule has 25 heavy (non-hydrogen) atoms. The summed E-state index contributed by atoms with van der Waals surface area (Å²) in [5, 5.41) is 3.56. The molecule has 0 unspecified atom stereocenters. The topological polar surface area (TPSA) is 41.6 Å². The molecule has 2 rings (SSSR count). The standard InChI is InChI=1S/C20H25ClN2O2/c1-14(2)23(12-17-8-6-5-7-9-17)20(24)22-13-25-18-10-15(3)19(21)16(4)11-18/h5-11,14H,12-13H2,1-4H3,(H,22,24). The molecule has 0 bridgehead atoms. The molecule has 0 radical (unpaired) electrons. The number of nitrogens with zero attached hydrogens (tertiary/aromatic N) is 1. The Morgan fingerprint density at radius 2 is 1.76 bits per heavy atom. The number of ether oxygens (including phenoxy) is 1. The largest absolute Gasteiger partial charge is 0.473 e. The predicted molar refractivity (Wildman–Crippen MR) is 102 cm³/mol. The maximum atomic E-state index is 12.5. The number of halogens is 1. The van der Waals surface area contributed by atoms with Crippen molar-refractivity contribution in [2.24, 2.45) is 0 Å². The van der Waals surface area contributed by atoms with Gasteiger partial charge in [0.1, 0.15) is 5.75 Å². The fraction of sp³-hybridized carbons (Fsp3) is 0.350. The average molecular weight is 361 g/mol. The Morgan fingerprint density at radius 3 is 2.32 bits per heavy atom. The van der Waals surface area contributed by atoms with E-state index in [1.165, 1.54) is 0 Å². The lowest BCUT2D eigenvalue weighted by Crippen LogP contribution is -2.44. The molecule has 0 fully saturated rings. The van der Waals surface area contributed by atoms with E-state index in [9.17, 15) is 4.79 Å². The molecule has 0 aliphatic heterocycles. The number of amides is 2. The highest BCUT2D eigenvalue weighted by atomic mass is 35.5. The maximum Gasteiger partial charge on any atom is 0.320 e. The molecule has 0 saturated carbocycles. The van der Waals surface area contributed by atoms with Crippen molar-refractivity contribution < 1.29 is 9.53 Å². The Morgan fingerprint density at radius 1 is 1.16 bits per heavy atom. The molecule has 0 aliphatic carbocycles. The van der Waals surface area contributed by atoms with Crippen LogP contribution in [0.1, 0.15) is 30.5 Å². The van der Waals surface area contributed by atoms with Gasteiger partial charge in [0.15, 0.2) is 6.73 Å². The van der Waals surface area contributed by atoms with Crippen LogP contribution >= 0.6 is 11.6 Å². The first-order valence-electron chi connectivity index (χ1n) is 8.36. The van der Waals surface area contributed by atoms with Gasteiger partial charge in [-0.1, -0.05) is 41.9 Å². The maximum absolute atomic E-state index is 12.5. The minimum atomic E-state index is -0.152. The molecular weight excluding hydrogens is 336 g/mol. The summed E-state index contributed by atoms with van der Waals surface area (Å²) in [4.78, 5) is 14.3. The van der Waals surface area contributed by atoms with Gasteiger partial charge in [-0.3, -0.25) is 0 Å². The fourth-order valence-corrected chi connectivity index (χ4v) is 2.65. The lowest BCUT2D eigenvalue weighted by Gasteiger charge is -2.27. The Kier molecular flexibility index (Phi) is 6.71. The molecule has 0 spiro atoms. The van der Waals surface area contributed by atoms with Crippen molar-refractivity contribution in [2.45, 2.75) is 40.3 Å². The number of rotatable bonds is 6. The van der Waals surface area contributed by atoms with E-state index in [1.54, 1.807) is 4.90 Å².